The molecule has 1 aliphatic rings. The molecule has 1 aliphatic heterocycles. The quantitative estimate of drug-likeness (QED) is 0.919. The normalized spacial score (nSPS) is 18.9. The molecule has 18 heavy (non-hydrogen) atoms. The Morgan fingerprint density at radius 2 is 2.17 bits per heavy atom. The van der Waals surface area contributed by atoms with E-state index in [2.05, 4.69) is 5.32 Å². The number of thiophene rings is 1. The molecule has 0 bridgehead atoms. The van der Waals surface area contributed by atoms with Gasteiger partial charge in [-0.25, -0.2) is 0 Å². The maximum atomic E-state index is 12.1. The van der Waals surface area contributed by atoms with E-state index in [0.717, 1.165) is 15.6 Å². The maximum absolute atomic E-state index is 12.1. The Morgan fingerprint density at radius 3 is 2.78 bits per heavy atom. The summed E-state index contributed by atoms with van der Waals surface area (Å²) in [4.78, 5) is 26.4. The van der Waals surface area contributed by atoms with E-state index in [-0.39, 0.29) is 18.4 Å². The van der Waals surface area contributed by atoms with E-state index >= 15 is 0 Å². The first-order valence-corrected chi connectivity index (χ1v) is 6.92. The molecule has 2 amide bonds. The van der Waals surface area contributed by atoms with Gasteiger partial charge in [0, 0.05) is 11.4 Å². The van der Waals surface area contributed by atoms with E-state index in [4.69, 9.17) is 11.6 Å². The fourth-order valence-electron chi connectivity index (χ4n) is 1.99. The van der Waals surface area contributed by atoms with Crippen LogP contribution in [0.5, 0.6) is 0 Å². The van der Waals surface area contributed by atoms with Crippen LogP contribution in [0.4, 0.5) is 0 Å². The van der Waals surface area contributed by atoms with Crippen molar-refractivity contribution < 1.29 is 9.59 Å². The molecule has 0 unspecified atom stereocenters. The van der Waals surface area contributed by atoms with E-state index in [1.165, 1.54) is 11.3 Å². The van der Waals surface area contributed by atoms with Gasteiger partial charge in [0.15, 0.2) is 0 Å². The second-order valence-electron chi connectivity index (χ2n) is 4.86. The highest BCUT2D eigenvalue weighted by Gasteiger charge is 2.38. The third-order valence-corrected chi connectivity index (χ3v) is 4.16. The minimum Gasteiger partial charge on any atom is -0.341 e. The minimum absolute atomic E-state index is 0.0373. The fourth-order valence-corrected chi connectivity index (χ4v) is 3.07. The number of piperazine rings is 1. The van der Waals surface area contributed by atoms with E-state index in [1.807, 2.05) is 12.1 Å². The number of amides is 2. The van der Waals surface area contributed by atoms with Gasteiger partial charge < -0.3 is 10.2 Å². The molecule has 0 spiro atoms. The average Bonchev–Trinajstić information content (AvgIpc) is 2.67. The zero-order valence-corrected chi connectivity index (χ0v) is 11.9. The van der Waals surface area contributed by atoms with Crippen molar-refractivity contribution in [1.29, 1.82) is 0 Å². The number of hydrogen-bond donors (Lipinski definition) is 1. The van der Waals surface area contributed by atoms with Crippen molar-refractivity contribution in [3.8, 4) is 0 Å². The molecular weight excluding hydrogens is 272 g/mol. The molecule has 1 aromatic rings. The number of rotatable bonds is 3. The number of carbonyl (C=O) groups is 2. The Hall–Kier alpha value is -1.07. The average molecular weight is 287 g/mol. The second kappa shape index (κ2) is 4.90. The first kappa shape index (κ1) is 13.4. The summed E-state index contributed by atoms with van der Waals surface area (Å²) in [5, 5.41) is 2.69. The highest BCUT2D eigenvalue weighted by Crippen LogP contribution is 2.22. The molecule has 4 nitrogen and oxygen atoms in total. The number of halogens is 1. The zero-order chi connectivity index (χ0) is 13.3. The smallest absolute Gasteiger partial charge is 0.248 e. The zero-order valence-electron chi connectivity index (χ0n) is 10.3. The van der Waals surface area contributed by atoms with Crippen molar-refractivity contribution in [2.24, 2.45) is 0 Å². The van der Waals surface area contributed by atoms with Crippen molar-refractivity contribution in [3.63, 3.8) is 0 Å². The summed E-state index contributed by atoms with van der Waals surface area (Å²) >= 11 is 7.36. The lowest BCUT2D eigenvalue weighted by molar-refractivity contribution is -0.148. The molecule has 2 heterocycles. The standard InChI is InChI=1S/C12H15ClN2O2S/c1-12(2)11(17)15(7-10(16)14-12)6-5-8-3-4-9(13)18-8/h3-4H,5-7H2,1-2H3,(H,14,16). The lowest BCUT2D eigenvalue weighted by Gasteiger charge is -2.37. The van der Waals surface area contributed by atoms with Gasteiger partial charge >= 0.3 is 0 Å². The summed E-state index contributed by atoms with van der Waals surface area (Å²) in [6, 6.07) is 3.79. The molecule has 1 N–H and O–H groups in total. The topological polar surface area (TPSA) is 49.4 Å². The SMILES string of the molecule is CC1(C)NC(=O)CN(CCc2ccc(Cl)s2)C1=O. The first-order valence-electron chi connectivity index (χ1n) is 5.73. The van der Waals surface area contributed by atoms with Gasteiger partial charge in [-0.2, -0.15) is 0 Å². The molecule has 0 saturated carbocycles. The van der Waals surface area contributed by atoms with Gasteiger partial charge in [-0.05, 0) is 32.4 Å². The molecule has 0 atom stereocenters. The van der Waals surface area contributed by atoms with Crippen LogP contribution in [-0.2, 0) is 16.0 Å². The van der Waals surface area contributed by atoms with Crippen molar-refractivity contribution >= 4 is 34.8 Å². The molecule has 1 saturated heterocycles. The molecule has 0 radical (unpaired) electrons. The maximum Gasteiger partial charge on any atom is 0.248 e. The van der Waals surface area contributed by atoms with E-state index in [9.17, 15) is 9.59 Å². The van der Waals surface area contributed by atoms with Crippen LogP contribution in [0.3, 0.4) is 0 Å². The highest BCUT2D eigenvalue weighted by atomic mass is 35.5. The molecule has 1 aromatic heterocycles. The molecule has 1 fully saturated rings. The summed E-state index contributed by atoms with van der Waals surface area (Å²) in [6.45, 7) is 4.14. The predicted molar refractivity (Wildman–Crippen MR) is 71.8 cm³/mol. The third kappa shape index (κ3) is 2.84. The monoisotopic (exact) mass is 286 g/mol. The van der Waals surface area contributed by atoms with Gasteiger partial charge in [0.2, 0.25) is 11.8 Å². The number of hydrogen-bond acceptors (Lipinski definition) is 3. The summed E-state index contributed by atoms with van der Waals surface area (Å²) in [7, 11) is 0. The van der Waals surface area contributed by atoms with Crippen LogP contribution in [0.25, 0.3) is 0 Å². The van der Waals surface area contributed by atoms with Crippen LogP contribution in [0.1, 0.15) is 18.7 Å². The van der Waals surface area contributed by atoms with Crippen LogP contribution in [0.15, 0.2) is 12.1 Å². The number of nitrogens with one attached hydrogen (secondary N) is 1. The summed E-state index contributed by atoms with van der Waals surface area (Å²) in [6.07, 6.45) is 0.729. The highest BCUT2D eigenvalue weighted by molar-refractivity contribution is 7.16. The molecule has 6 heteroatoms. The van der Waals surface area contributed by atoms with E-state index in [0.29, 0.717) is 6.54 Å². The van der Waals surface area contributed by atoms with Crippen molar-refractivity contribution in [2.45, 2.75) is 25.8 Å². The Bertz CT molecular complexity index is 484. The third-order valence-electron chi connectivity index (χ3n) is 2.87. The molecule has 98 valence electrons. The lowest BCUT2D eigenvalue weighted by Crippen LogP contribution is -2.63. The molecule has 2 rings (SSSR count). The van der Waals surface area contributed by atoms with Crippen LogP contribution >= 0.6 is 22.9 Å². The largest absolute Gasteiger partial charge is 0.341 e. The second-order valence-corrected chi connectivity index (χ2v) is 6.66. The number of carbonyl (C=O) groups excluding carboxylic acids is 2. The van der Waals surface area contributed by atoms with Gasteiger partial charge in [0.25, 0.3) is 0 Å². The van der Waals surface area contributed by atoms with Crippen molar-refractivity contribution in [2.75, 3.05) is 13.1 Å². The van der Waals surface area contributed by atoms with Gasteiger partial charge in [-0.1, -0.05) is 11.6 Å². The Balaban J connectivity index is 2.00. The molecular formula is C12H15ClN2O2S. The Kier molecular flexibility index (Phi) is 3.64. The van der Waals surface area contributed by atoms with E-state index in [1.54, 1.807) is 18.7 Å². The Labute approximate surface area is 115 Å². The summed E-state index contributed by atoms with van der Waals surface area (Å²) < 4.78 is 0.744. The van der Waals surface area contributed by atoms with Crippen LogP contribution in [-0.4, -0.2) is 35.3 Å². The summed E-state index contributed by atoms with van der Waals surface area (Å²) in [5.74, 6) is -0.145. The first-order chi connectivity index (χ1) is 8.38. The van der Waals surface area contributed by atoms with Crippen molar-refractivity contribution in [3.05, 3.63) is 21.3 Å². The number of nitrogens with zero attached hydrogens (tertiary/aromatic N) is 1. The van der Waals surface area contributed by atoms with Crippen LogP contribution < -0.4 is 5.32 Å². The minimum atomic E-state index is -0.803. The van der Waals surface area contributed by atoms with Crippen LogP contribution in [0.2, 0.25) is 4.34 Å². The van der Waals surface area contributed by atoms with Gasteiger partial charge in [0.05, 0.1) is 10.9 Å². The fraction of sp³-hybridized carbons (Fsp3) is 0.500. The molecule has 0 aromatic carbocycles. The van der Waals surface area contributed by atoms with Gasteiger partial charge in [0.1, 0.15) is 5.54 Å². The van der Waals surface area contributed by atoms with Gasteiger partial charge in [-0.15, -0.1) is 11.3 Å². The Morgan fingerprint density at radius 1 is 1.44 bits per heavy atom. The van der Waals surface area contributed by atoms with Crippen molar-refractivity contribution in [1.82, 2.24) is 10.2 Å². The molecule has 0 aliphatic carbocycles. The summed E-state index contributed by atoms with van der Waals surface area (Å²) in [5.41, 5.74) is -0.803. The van der Waals surface area contributed by atoms with Crippen LogP contribution in [0, 0.1) is 0 Å². The van der Waals surface area contributed by atoms with E-state index < -0.39 is 5.54 Å². The van der Waals surface area contributed by atoms with Gasteiger partial charge in [-0.3, -0.25) is 9.59 Å². The predicted octanol–water partition coefficient (Wildman–Crippen LogP) is 1.68. The lowest BCUT2D eigenvalue weighted by atomic mass is 10.0.